The number of hydrogen-bond acceptors (Lipinski definition) is 6. The molecule has 1 fully saturated rings. The summed E-state index contributed by atoms with van der Waals surface area (Å²) in [6.07, 6.45) is -8.03. The Morgan fingerprint density at radius 3 is 1.42 bits per heavy atom. The second-order valence-electron chi connectivity index (χ2n) is 10.4. The van der Waals surface area contributed by atoms with Gasteiger partial charge >= 0.3 is 0 Å². The maximum Gasteiger partial charge on any atom is 0.294 e. The molecule has 0 amide bonds. The summed E-state index contributed by atoms with van der Waals surface area (Å²) in [7, 11) is 0. The Labute approximate surface area is 250 Å². The fraction of sp³-hybridized carbons (Fsp3) is 0.314. The predicted molar refractivity (Wildman–Crippen MR) is 157 cm³/mol. The number of aliphatic hydroxyl groups is 1. The summed E-state index contributed by atoms with van der Waals surface area (Å²) in [6.45, 7) is 0.297. The van der Waals surface area contributed by atoms with Gasteiger partial charge in [-0.2, -0.15) is 0 Å². The molecule has 0 unspecified atom stereocenters. The van der Waals surface area contributed by atoms with E-state index in [1.807, 2.05) is 121 Å². The van der Waals surface area contributed by atoms with Crippen molar-refractivity contribution in [2.45, 2.75) is 63.1 Å². The molecule has 1 N–H and O–H groups in total. The highest BCUT2D eigenvalue weighted by Crippen LogP contribution is 2.39. The molecule has 5 atom stereocenters. The lowest BCUT2D eigenvalue weighted by Gasteiger charge is -2.49. The van der Waals surface area contributed by atoms with Crippen molar-refractivity contribution in [3.05, 3.63) is 144 Å². The molecule has 226 valence electrons. The summed E-state index contributed by atoms with van der Waals surface area (Å²) in [5, 5.41) is 11.5. The highest BCUT2D eigenvalue weighted by Gasteiger charge is 2.61. The van der Waals surface area contributed by atoms with Gasteiger partial charge in [-0.15, -0.1) is 0 Å². The van der Waals surface area contributed by atoms with E-state index in [0.717, 1.165) is 22.3 Å². The van der Waals surface area contributed by atoms with Gasteiger partial charge in [0.25, 0.3) is 12.2 Å². The van der Waals surface area contributed by atoms with Crippen LogP contribution in [0.15, 0.2) is 121 Å². The third kappa shape index (κ3) is 8.32. The van der Waals surface area contributed by atoms with Crippen molar-refractivity contribution in [3.8, 4) is 0 Å². The maximum atomic E-state index is 14.8. The molecule has 6 nitrogen and oxygen atoms in total. The van der Waals surface area contributed by atoms with Crippen LogP contribution in [0.2, 0.25) is 0 Å². The SMILES string of the molecule is O[C@@]1(C(F)F)O[C@H](COCc2ccccc2)[C@H](OCc2ccccc2)[C@H](OCc2ccccc2)[C@H]1OCc1ccccc1. The average molecular weight is 591 g/mol. The molecule has 1 saturated heterocycles. The first-order valence-corrected chi connectivity index (χ1v) is 14.3. The molecular weight excluding hydrogens is 554 g/mol. The minimum absolute atomic E-state index is 0.0460. The van der Waals surface area contributed by atoms with E-state index in [2.05, 4.69) is 0 Å². The third-order valence-electron chi connectivity index (χ3n) is 7.29. The Hall–Kier alpha value is -3.50. The average Bonchev–Trinajstić information content (AvgIpc) is 3.04. The molecule has 4 aromatic rings. The highest BCUT2D eigenvalue weighted by atomic mass is 19.3. The molecule has 1 aliphatic heterocycles. The summed E-state index contributed by atoms with van der Waals surface area (Å²) in [5.41, 5.74) is 3.36. The molecule has 0 aliphatic carbocycles. The van der Waals surface area contributed by atoms with Gasteiger partial charge in [0.15, 0.2) is 0 Å². The normalized spacial score (nSPS) is 23.8. The van der Waals surface area contributed by atoms with Crippen LogP contribution in [0.1, 0.15) is 22.3 Å². The standard InChI is InChI=1S/C35H36F2O6/c36-34(37)35(38)33(42-24-29-19-11-4-12-20-29)32(41-23-28-17-9-3-10-18-28)31(40-22-27-15-7-2-8-16-27)30(43-35)25-39-21-26-13-5-1-6-14-26/h1-20,30-34,38H,21-25H2/t30-,31+,32+,33-,35-/m1/s1. The smallest absolute Gasteiger partial charge is 0.294 e. The first-order valence-electron chi connectivity index (χ1n) is 14.3. The number of ether oxygens (including phenoxy) is 5. The van der Waals surface area contributed by atoms with Gasteiger partial charge in [-0.1, -0.05) is 121 Å². The lowest BCUT2D eigenvalue weighted by atomic mass is 9.91. The van der Waals surface area contributed by atoms with Gasteiger partial charge in [0.1, 0.15) is 24.4 Å². The van der Waals surface area contributed by atoms with Crippen LogP contribution >= 0.6 is 0 Å². The quantitative estimate of drug-likeness (QED) is 0.186. The molecule has 0 saturated carbocycles. The molecule has 0 bridgehead atoms. The summed E-state index contributed by atoms with van der Waals surface area (Å²) in [5.74, 6) is -2.98. The molecule has 4 aromatic carbocycles. The van der Waals surface area contributed by atoms with Gasteiger partial charge in [-0.3, -0.25) is 0 Å². The Kier molecular flexibility index (Phi) is 11.0. The van der Waals surface area contributed by atoms with E-state index in [-0.39, 0.29) is 33.0 Å². The molecule has 5 rings (SSSR count). The van der Waals surface area contributed by atoms with Crippen LogP contribution in [-0.4, -0.2) is 48.3 Å². The van der Waals surface area contributed by atoms with E-state index in [9.17, 15) is 13.9 Å². The van der Waals surface area contributed by atoms with Gasteiger partial charge in [0.2, 0.25) is 0 Å². The molecule has 8 heteroatoms. The van der Waals surface area contributed by atoms with Crippen LogP contribution in [0.25, 0.3) is 0 Å². The zero-order chi connectivity index (χ0) is 29.9. The summed E-state index contributed by atoms with van der Waals surface area (Å²) < 4.78 is 60.0. The van der Waals surface area contributed by atoms with Crippen molar-refractivity contribution in [2.75, 3.05) is 6.61 Å². The second-order valence-corrected chi connectivity index (χ2v) is 10.4. The van der Waals surface area contributed by atoms with E-state index in [0.29, 0.717) is 0 Å². The number of benzene rings is 4. The van der Waals surface area contributed by atoms with E-state index in [4.69, 9.17) is 23.7 Å². The predicted octanol–water partition coefficient (Wildman–Crippen LogP) is 6.31. The Morgan fingerprint density at radius 1 is 0.581 bits per heavy atom. The first kappa shape index (κ1) is 30.9. The van der Waals surface area contributed by atoms with Gasteiger partial charge in [-0.05, 0) is 22.3 Å². The zero-order valence-electron chi connectivity index (χ0n) is 23.7. The van der Waals surface area contributed by atoms with Crippen molar-refractivity contribution in [2.24, 2.45) is 0 Å². The van der Waals surface area contributed by atoms with Gasteiger partial charge in [0, 0.05) is 0 Å². The van der Waals surface area contributed by atoms with Crippen LogP contribution in [-0.2, 0) is 50.1 Å². The number of rotatable bonds is 14. The summed E-state index contributed by atoms with van der Waals surface area (Å²) in [6, 6.07) is 37.5. The molecule has 0 spiro atoms. The zero-order valence-corrected chi connectivity index (χ0v) is 23.7. The van der Waals surface area contributed by atoms with Crippen LogP contribution in [0, 0.1) is 0 Å². The van der Waals surface area contributed by atoms with Gasteiger partial charge < -0.3 is 28.8 Å². The Balaban J connectivity index is 1.45. The largest absolute Gasteiger partial charge is 0.374 e. The molecule has 1 heterocycles. The number of alkyl halides is 2. The minimum Gasteiger partial charge on any atom is -0.374 e. The third-order valence-corrected chi connectivity index (χ3v) is 7.29. The monoisotopic (exact) mass is 590 g/mol. The van der Waals surface area contributed by atoms with Gasteiger partial charge in [-0.25, -0.2) is 8.78 Å². The van der Waals surface area contributed by atoms with E-state index < -0.39 is 36.6 Å². The Bertz CT molecular complexity index is 1350. The molecule has 0 radical (unpaired) electrons. The summed E-state index contributed by atoms with van der Waals surface area (Å²) in [4.78, 5) is 0. The van der Waals surface area contributed by atoms with E-state index in [1.165, 1.54) is 0 Å². The van der Waals surface area contributed by atoms with Gasteiger partial charge in [0.05, 0.1) is 33.0 Å². The van der Waals surface area contributed by atoms with Crippen LogP contribution < -0.4 is 0 Å². The van der Waals surface area contributed by atoms with E-state index >= 15 is 0 Å². The minimum atomic E-state index is -3.30. The van der Waals surface area contributed by atoms with Crippen molar-refractivity contribution in [1.29, 1.82) is 0 Å². The topological polar surface area (TPSA) is 66.4 Å². The van der Waals surface area contributed by atoms with Crippen molar-refractivity contribution >= 4 is 0 Å². The maximum absolute atomic E-state index is 14.8. The lowest BCUT2D eigenvalue weighted by Crippen LogP contribution is -2.69. The molecular formula is C35H36F2O6. The molecule has 0 aromatic heterocycles. The van der Waals surface area contributed by atoms with Crippen LogP contribution in [0.5, 0.6) is 0 Å². The number of hydrogen-bond donors (Lipinski definition) is 1. The van der Waals surface area contributed by atoms with Crippen molar-refractivity contribution in [3.63, 3.8) is 0 Å². The highest BCUT2D eigenvalue weighted by molar-refractivity contribution is 5.17. The second kappa shape index (κ2) is 15.3. The Morgan fingerprint density at radius 2 is 0.977 bits per heavy atom. The lowest BCUT2D eigenvalue weighted by molar-refractivity contribution is -0.399. The van der Waals surface area contributed by atoms with Crippen LogP contribution in [0.4, 0.5) is 8.78 Å². The fourth-order valence-corrected chi connectivity index (χ4v) is 5.06. The fourth-order valence-electron chi connectivity index (χ4n) is 5.06. The first-order chi connectivity index (χ1) is 21.0. The van der Waals surface area contributed by atoms with Crippen molar-refractivity contribution in [1.82, 2.24) is 0 Å². The summed E-state index contributed by atoms with van der Waals surface area (Å²) >= 11 is 0. The van der Waals surface area contributed by atoms with E-state index in [1.54, 1.807) is 0 Å². The van der Waals surface area contributed by atoms with Crippen molar-refractivity contribution < 1.29 is 37.6 Å². The molecule has 1 aliphatic rings. The van der Waals surface area contributed by atoms with Crippen LogP contribution in [0.3, 0.4) is 0 Å². The molecule has 43 heavy (non-hydrogen) atoms. The number of halogens is 2.